The second-order valence-corrected chi connectivity index (χ2v) is 6.67. The summed E-state index contributed by atoms with van der Waals surface area (Å²) in [6, 6.07) is 0. The van der Waals surface area contributed by atoms with Gasteiger partial charge in [0.15, 0.2) is 0 Å². The van der Waals surface area contributed by atoms with Gasteiger partial charge in [0, 0.05) is 0 Å². The van der Waals surface area contributed by atoms with Crippen LogP contribution in [0.25, 0.3) is 0 Å². The van der Waals surface area contributed by atoms with Crippen LogP contribution in [0.3, 0.4) is 0 Å². The predicted molar refractivity (Wildman–Crippen MR) is 86.5 cm³/mol. The molecule has 0 spiro atoms. The van der Waals surface area contributed by atoms with E-state index in [9.17, 15) is 0 Å². The zero-order chi connectivity index (χ0) is 14.1. The summed E-state index contributed by atoms with van der Waals surface area (Å²) in [6.07, 6.45) is 11.3. The van der Waals surface area contributed by atoms with Gasteiger partial charge in [0.25, 0.3) is 0 Å². The van der Waals surface area contributed by atoms with Crippen molar-refractivity contribution in [1.29, 1.82) is 0 Å². The molecule has 1 N–H and O–H groups in total. The normalized spacial score (nSPS) is 27.9. The molecule has 3 unspecified atom stereocenters. The Kier molecular flexibility index (Phi) is 8.77. The lowest BCUT2D eigenvalue weighted by atomic mass is 9.66. The molecule has 3 atom stereocenters. The van der Waals surface area contributed by atoms with Gasteiger partial charge in [-0.1, -0.05) is 59.8 Å². The molecule has 1 heteroatoms. The zero-order valence-corrected chi connectivity index (χ0v) is 13.9. The van der Waals surface area contributed by atoms with Crippen LogP contribution in [0, 0.1) is 23.7 Å². The summed E-state index contributed by atoms with van der Waals surface area (Å²) in [5.74, 6) is 3.93. The van der Waals surface area contributed by atoms with E-state index in [0.717, 1.165) is 23.7 Å². The third kappa shape index (κ3) is 5.45. The maximum atomic E-state index is 3.68. The van der Waals surface area contributed by atoms with Gasteiger partial charge >= 0.3 is 0 Å². The molecule has 0 radical (unpaired) electrons. The molecule has 1 saturated carbocycles. The van der Waals surface area contributed by atoms with Crippen LogP contribution >= 0.6 is 0 Å². The van der Waals surface area contributed by atoms with Crippen molar-refractivity contribution in [1.82, 2.24) is 5.32 Å². The molecule has 1 aliphatic rings. The van der Waals surface area contributed by atoms with Gasteiger partial charge in [0.2, 0.25) is 0 Å². The fourth-order valence-corrected chi connectivity index (χ4v) is 4.22. The van der Waals surface area contributed by atoms with E-state index in [0.29, 0.717) is 0 Å². The molecule has 0 amide bonds. The summed E-state index contributed by atoms with van der Waals surface area (Å²) in [6.45, 7) is 11.9. The van der Waals surface area contributed by atoms with Crippen molar-refractivity contribution in [2.45, 2.75) is 79.1 Å². The fourth-order valence-electron chi connectivity index (χ4n) is 4.22. The van der Waals surface area contributed by atoms with Gasteiger partial charge in [-0.2, -0.15) is 0 Å². The Labute approximate surface area is 121 Å². The molecule has 0 aromatic rings. The van der Waals surface area contributed by atoms with E-state index in [1.165, 1.54) is 64.5 Å². The van der Waals surface area contributed by atoms with Crippen LogP contribution in [-0.4, -0.2) is 13.1 Å². The molecule has 1 rings (SSSR count). The summed E-state index contributed by atoms with van der Waals surface area (Å²) in [5, 5.41) is 3.68. The Bertz CT molecular complexity index is 210. The van der Waals surface area contributed by atoms with Crippen molar-refractivity contribution in [2.24, 2.45) is 23.7 Å². The van der Waals surface area contributed by atoms with Gasteiger partial charge in [-0.3, -0.25) is 0 Å². The average Bonchev–Trinajstić information content (AvgIpc) is 2.43. The quantitative estimate of drug-likeness (QED) is 0.562. The maximum absolute atomic E-state index is 3.68. The van der Waals surface area contributed by atoms with Crippen molar-refractivity contribution < 1.29 is 0 Å². The van der Waals surface area contributed by atoms with E-state index in [2.05, 4.69) is 33.0 Å². The molecule has 19 heavy (non-hydrogen) atoms. The first-order chi connectivity index (χ1) is 9.26. The molecular formula is C18H37N. The minimum Gasteiger partial charge on any atom is -0.316 e. The highest BCUT2D eigenvalue weighted by atomic mass is 14.9. The first kappa shape index (κ1) is 17.0. The summed E-state index contributed by atoms with van der Waals surface area (Å²) in [5.41, 5.74) is 0. The highest BCUT2D eigenvalue weighted by Crippen LogP contribution is 2.41. The molecule has 0 aromatic carbocycles. The first-order valence-electron chi connectivity index (χ1n) is 8.97. The van der Waals surface area contributed by atoms with E-state index >= 15 is 0 Å². The van der Waals surface area contributed by atoms with Gasteiger partial charge in [0.1, 0.15) is 0 Å². The van der Waals surface area contributed by atoms with Crippen molar-refractivity contribution >= 4 is 0 Å². The minimum atomic E-state index is 0.949. The zero-order valence-electron chi connectivity index (χ0n) is 13.9. The second kappa shape index (κ2) is 9.80. The molecule has 1 nitrogen and oxygen atoms in total. The lowest BCUT2D eigenvalue weighted by Crippen LogP contribution is -2.37. The Morgan fingerprint density at radius 2 is 1.74 bits per heavy atom. The van der Waals surface area contributed by atoms with E-state index in [4.69, 9.17) is 0 Å². The van der Waals surface area contributed by atoms with E-state index in [1.54, 1.807) is 0 Å². The molecule has 1 fully saturated rings. The highest BCUT2D eigenvalue weighted by molar-refractivity contribution is 4.85. The van der Waals surface area contributed by atoms with Crippen LogP contribution in [0.1, 0.15) is 79.1 Å². The van der Waals surface area contributed by atoms with Gasteiger partial charge in [-0.25, -0.2) is 0 Å². The first-order valence-corrected chi connectivity index (χ1v) is 8.97. The van der Waals surface area contributed by atoms with E-state index in [1.807, 2.05) is 0 Å². The Morgan fingerprint density at radius 3 is 2.32 bits per heavy atom. The average molecular weight is 268 g/mol. The van der Waals surface area contributed by atoms with Crippen LogP contribution < -0.4 is 5.32 Å². The predicted octanol–water partition coefficient (Wildman–Crippen LogP) is 5.25. The Morgan fingerprint density at radius 1 is 1.00 bits per heavy atom. The molecule has 0 aliphatic heterocycles. The third-order valence-electron chi connectivity index (χ3n) is 5.34. The van der Waals surface area contributed by atoms with Gasteiger partial charge < -0.3 is 5.32 Å². The summed E-state index contributed by atoms with van der Waals surface area (Å²) in [4.78, 5) is 0. The number of hydrogen-bond donors (Lipinski definition) is 1. The molecule has 0 saturated heterocycles. The van der Waals surface area contributed by atoms with E-state index < -0.39 is 0 Å². The highest BCUT2D eigenvalue weighted by Gasteiger charge is 2.33. The molecule has 0 heterocycles. The standard InChI is InChI=1S/C18H37N/c1-5-9-15-10-11-17(14-19-12-6-2)18(13-15)16(7-3)8-4/h15-19H,5-14H2,1-4H3. The molecule has 0 bridgehead atoms. The molecule has 0 aromatic heterocycles. The molecule has 114 valence electrons. The summed E-state index contributed by atoms with van der Waals surface area (Å²) < 4.78 is 0. The van der Waals surface area contributed by atoms with Crippen molar-refractivity contribution in [3.05, 3.63) is 0 Å². The summed E-state index contributed by atoms with van der Waals surface area (Å²) in [7, 11) is 0. The van der Waals surface area contributed by atoms with Gasteiger partial charge in [-0.15, -0.1) is 0 Å². The topological polar surface area (TPSA) is 12.0 Å². The van der Waals surface area contributed by atoms with Crippen LogP contribution in [-0.2, 0) is 0 Å². The number of nitrogens with one attached hydrogen (secondary N) is 1. The fraction of sp³-hybridized carbons (Fsp3) is 1.00. The smallest absolute Gasteiger partial charge is 0.00178 e. The van der Waals surface area contributed by atoms with E-state index in [-0.39, 0.29) is 0 Å². The summed E-state index contributed by atoms with van der Waals surface area (Å²) >= 11 is 0. The SMILES string of the molecule is CCCNCC1CCC(CCC)CC1C(CC)CC. The Hall–Kier alpha value is -0.0400. The lowest BCUT2D eigenvalue weighted by molar-refractivity contribution is 0.108. The molecule has 1 aliphatic carbocycles. The number of hydrogen-bond acceptors (Lipinski definition) is 1. The van der Waals surface area contributed by atoms with Crippen LogP contribution in [0.4, 0.5) is 0 Å². The van der Waals surface area contributed by atoms with Crippen LogP contribution in [0.2, 0.25) is 0 Å². The lowest BCUT2D eigenvalue weighted by Gasteiger charge is -2.40. The minimum absolute atomic E-state index is 0.949. The van der Waals surface area contributed by atoms with Gasteiger partial charge in [0.05, 0.1) is 0 Å². The number of rotatable bonds is 9. The van der Waals surface area contributed by atoms with Crippen LogP contribution in [0.15, 0.2) is 0 Å². The maximum Gasteiger partial charge on any atom is -0.00178 e. The van der Waals surface area contributed by atoms with Crippen LogP contribution in [0.5, 0.6) is 0 Å². The third-order valence-corrected chi connectivity index (χ3v) is 5.34. The van der Waals surface area contributed by atoms with Crippen molar-refractivity contribution in [3.8, 4) is 0 Å². The van der Waals surface area contributed by atoms with Crippen molar-refractivity contribution in [2.75, 3.05) is 13.1 Å². The largest absolute Gasteiger partial charge is 0.316 e. The monoisotopic (exact) mass is 267 g/mol. The molecular weight excluding hydrogens is 230 g/mol. The second-order valence-electron chi connectivity index (χ2n) is 6.67. The Balaban J connectivity index is 2.56. The van der Waals surface area contributed by atoms with Gasteiger partial charge in [-0.05, 0) is 56.0 Å². The van der Waals surface area contributed by atoms with Crippen molar-refractivity contribution in [3.63, 3.8) is 0 Å².